The smallest absolute Gasteiger partial charge is 0.0928 e. The van der Waals surface area contributed by atoms with E-state index < -0.39 is 0 Å². The van der Waals surface area contributed by atoms with Gasteiger partial charge >= 0.3 is 0 Å². The van der Waals surface area contributed by atoms with Crippen LogP contribution in [0.3, 0.4) is 0 Å². The molecule has 0 aromatic rings. The van der Waals surface area contributed by atoms with Crippen molar-refractivity contribution in [2.24, 2.45) is 0 Å². The molecule has 3 heteroatoms. The maximum Gasteiger partial charge on any atom is 0.0928 e. The average molecular weight is 133 g/mol. The standard InChI is InChI=1S/C6H15NO2/c1-7(2)4-6(5-8)9-3/h6,8H,4-5H2,1-3H3/t6-/m0/s1. The Kier molecular flexibility index (Phi) is 4.67. The summed E-state index contributed by atoms with van der Waals surface area (Å²) >= 11 is 0. The summed E-state index contributed by atoms with van der Waals surface area (Å²) in [7, 11) is 5.49. The second kappa shape index (κ2) is 4.73. The van der Waals surface area contributed by atoms with E-state index in [0.717, 1.165) is 6.54 Å². The number of ether oxygens (including phenoxy) is 1. The summed E-state index contributed by atoms with van der Waals surface area (Å²) in [5.41, 5.74) is 0. The minimum atomic E-state index is -0.0417. The van der Waals surface area contributed by atoms with Crippen molar-refractivity contribution in [3.63, 3.8) is 0 Å². The molecular weight excluding hydrogens is 118 g/mol. The third-order valence-electron chi connectivity index (χ3n) is 1.11. The van der Waals surface area contributed by atoms with Crippen LogP contribution in [0.25, 0.3) is 0 Å². The number of aliphatic hydroxyl groups excluding tert-OH is 1. The van der Waals surface area contributed by atoms with Gasteiger partial charge in [0.25, 0.3) is 0 Å². The third kappa shape index (κ3) is 4.39. The van der Waals surface area contributed by atoms with E-state index in [1.165, 1.54) is 0 Å². The first-order chi connectivity index (χ1) is 4.20. The molecule has 0 saturated carbocycles. The molecule has 0 spiro atoms. The highest BCUT2D eigenvalue weighted by Crippen LogP contribution is 1.88. The Bertz CT molecular complexity index is 62.1. The van der Waals surface area contributed by atoms with Gasteiger partial charge in [0, 0.05) is 13.7 Å². The van der Waals surface area contributed by atoms with Crippen molar-refractivity contribution in [3.05, 3.63) is 0 Å². The van der Waals surface area contributed by atoms with E-state index in [0.29, 0.717) is 0 Å². The molecule has 0 aromatic heterocycles. The summed E-state index contributed by atoms with van der Waals surface area (Å²) in [6.45, 7) is 0.863. The molecule has 9 heavy (non-hydrogen) atoms. The van der Waals surface area contributed by atoms with Crippen molar-refractivity contribution in [1.82, 2.24) is 4.90 Å². The Morgan fingerprint density at radius 1 is 1.56 bits per heavy atom. The van der Waals surface area contributed by atoms with Crippen LogP contribution in [0.15, 0.2) is 0 Å². The van der Waals surface area contributed by atoms with Gasteiger partial charge in [0.05, 0.1) is 12.7 Å². The van der Waals surface area contributed by atoms with Crippen LogP contribution in [-0.4, -0.2) is 50.5 Å². The molecule has 0 rings (SSSR count). The molecule has 0 aliphatic heterocycles. The van der Waals surface area contributed by atoms with Gasteiger partial charge in [-0.1, -0.05) is 0 Å². The summed E-state index contributed by atoms with van der Waals surface area (Å²) in [4.78, 5) is 1.98. The van der Waals surface area contributed by atoms with E-state index >= 15 is 0 Å². The SMILES string of the molecule is CO[C@H](CO)CN(C)C. The second-order valence-corrected chi connectivity index (χ2v) is 2.30. The van der Waals surface area contributed by atoms with Gasteiger partial charge in [0.1, 0.15) is 0 Å². The fraction of sp³-hybridized carbons (Fsp3) is 1.00. The minimum Gasteiger partial charge on any atom is -0.394 e. The van der Waals surface area contributed by atoms with Crippen molar-refractivity contribution in [1.29, 1.82) is 0 Å². The van der Waals surface area contributed by atoms with Crippen LogP contribution in [0.2, 0.25) is 0 Å². The lowest BCUT2D eigenvalue weighted by Crippen LogP contribution is -2.30. The maximum atomic E-state index is 8.62. The Hall–Kier alpha value is -0.120. The monoisotopic (exact) mass is 133 g/mol. The molecule has 56 valence electrons. The van der Waals surface area contributed by atoms with E-state index in [1.807, 2.05) is 19.0 Å². The first-order valence-corrected chi connectivity index (χ1v) is 2.99. The molecule has 1 atom stereocenters. The van der Waals surface area contributed by atoms with Crippen molar-refractivity contribution in [2.45, 2.75) is 6.10 Å². The lowest BCUT2D eigenvalue weighted by molar-refractivity contribution is 0.0318. The van der Waals surface area contributed by atoms with Crippen LogP contribution in [0.5, 0.6) is 0 Å². The largest absolute Gasteiger partial charge is 0.394 e. The zero-order valence-corrected chi connectivity index (χ0v) is 6.29. The van der Waals surface area contributed by atoms with E-state index in [4.69, 9.17) is 9.84 Å². The fourth-order valence-corrected chi connectivity index (χ4v) is 0.614. The molecule has 0 aromatic carbocycles. The molecule has 0 amide bonds. The van der Waals surface area contributed by atoms with Crippen molar-refractivity contribution in [2.75, 3.05) is 34.4 Å². The summed E-state index contributed by atoms with van der Waals surface area (Å²) in [6.07, 6.45) is -0.0417. The van der Waals surface area contributed by atoms with Crippen LogP contribution in [0.1, 0.15) is 0 Å². The molecule has 0 fully saturated rings. The number of rotatable bonds is 4. The summed E-state index contributed by atoms with van der Waals surface area (Å²) in [5, 5.41) is 8.62. The number of hydrogen-bond donors (Lipinski definition) is 1. The highest BCUT2D eigenvalue weighted by Gasteiger charge is 2.04. The van der Waals surface area contributed by atoms with Crippen LogP contribution in [0, 0.1) is 0 Å². The second-order valence-electron chi connectivity index (χ2n) is 2.30. The van der Waals surface area contributed by atoms with Gasteiger partial charge in [-0.2, -0.15) is 0 Å². The Labute approximate surface area is 56.2 Å². The van der Waals surface area contributed by atoms with Crippen LogP contribution < -0.4 is 0 Å². The third-order valence-corrected chi connectivity index (χ3v) is 1.11. The van der Waals surface area contributed by atoms with E-state index in [1.54, 1.807) is 7.11 Å². The lowest BCUT2D eigenvalue weighted by Gasteiger charge is -2.16. The molecule has 0 radical (unpaired) electrons. The lowest BCUT2D eigenvalue weighted by atomic mass is 10.3. The van der Waals surface area contributed by atoms with Gasteiger partial charge in [-0.25, -0.2) is 0 Å². The molecule has 3 nitrogen and oxygen atoms in total. The van der Waals surface area contributed by atoms with Gasteiger partial charge < -0.3 is 14.7 Å². The number of nitrogens with zero attached hydrogens (tertiary/aromatic N) is 1. The minimum absolute atomic E-state index is 0.0417. The topological polar surface area (TPSA) is 32.7 Å². The highest BCUT2D eigenvalue weighted by atomic mass is 16.5. The van der Waals surface area contributed by atoms with E-state index in [-0.39, 0.29) is 12.7 Å². The number of methoxy groups -OCH3 is 1. The van der Waals surface area contributed by atoms with Crippen LogP contribution >= 0.6 is 0 Å². The van der Waals surface area contributed by atoms with Crippen LogP contribution in [-0.2, 0) is 4.74 Å². The van der Waals surface area contributed by atoms with Gasteiger partial charge in [0.15, 0.2) is 0 Å². The van der Waals surface area contributed by atoms with Gasteiger partial charge in [-0.3, -0.25) is 0 Å². The summed E-state index contributed by atoms with van der Waals surface area (Å²) < 4.78 is 4.92. The molecule has 0 bridgehead atoms. The number of hydrogen-bond acceptors (Lipinski definition) is 3. The Balaban J connectivity index is 3.31. The quantitative estimate of drug-likeness (QED) is 0.564. The van der Waals surface area contributed by atoms with Gasteiger partial charge in [0.2, 0.25) is 0 Å². The molecule has 0 aliphatic carbocycles. The van der Waals surface area contributed by atoms with Crippen molar-refractivity contribution in [3.8, 4) is 0 Å². The van der Waals surface area contributed by atoms with Crippen molar-refractivity contribution >= 4 is 0 Å². The van der Waals surface area contributed by atoms with E-state index in [2.05, 4.69) is 0 Å². The predicted octanol–water partition coefficient (Wildman–Crippen LogP) is -0.445. The summed E-state index contributed by atoms with van der Waals surface area (Å²) in [5.74, 6) is 0. The molecule has 0 heterocycles. The molecule has 1 N–H and O–H groups in total. The fourth-order valence-electron chi connectivity index (χ4n) is 0.614. The zero-order chi connectivity index (χ0) is 7.28. The number of likely N-dealkylation sites (N-methyl/N-ethyl adjacent to an activating group) is 1. The van der Waals surface area contributed by atoms with Crippen LogP contribution in [0.4, 0.5) is 0 Å². The Morgan fingerprint density at radius 2 is 2.11 bits per heavy atom. The normalized spacial score (nSPS) is 14.3. The molecule has 0 saturated heterocycles. The van der Waals surface area contributed by atoms with Crippen molar-refractivity contribution < 1.29 is 9.84 Å². The average Bonchev–Trinajstić information content (AvgIpc) is 1.82. The molecule has 0 aliphatic rings. The van der Waals surface area contributed by atoms with Gasteiger partial charge in [-0.15, -0.1) is 0 Å². The zero-order valence-electron chi connectivity index (χ0n) is 6.29. The Morgan fingerprint density at radius 3 is 2.22 bits per heavy atom. The first-order valence-electron chi connectivity index (χ1n) is 2.99. The molecule has 0 unspecified atom stereocenters. The highest BCUT2D eigenvalue weighted by molar-refractivity contribution is 4.57. The maximum absolute atomic E-state index is 8.62. The first kappa shape index (κ1) is 8.88. The summed E-state index contributed by atoms with van der Waals surface area (Å²) in [6, 6.07) is 0. The predicted molar refractivity (Wildman–Crippen MR) is 36.4 cm³/mol. The number of aliphatic hydroxyl groups is 1. The van der Waals surface area contributed by atoms with E-state index in [9.17, 15) is 0 Å². The molecular formula is C6H15NO2. The van der Waals surface area contributed by atoms with Gasteiger partial charge in [-0.05, 0) is 14.1 Å².